The zero-order valence-corrected chi connectivity index (χ0v) is 15.0. The fraction of sp³-hybridized carbons (Fsp3) is 0.579. The summed E-state index contributed by atoms with van der Waals surface area (Å²) >= 11 is 0. The second-order valence-electron chi connectivity index (χ2n) is 7.09. The lowest BCUT2D eigenvalue weighted by Gasteiger charge is -2.23. The summed E-state index contributed by atoms with van der Waals surface area (Å²) in [6.45, 7) is 5.97. The van der Waals surface area contributed by atoms with Crippen LogP contribution in [0.25, 0.3) is 0 Å². The van der Waals surface area contributed by atoms with E-state index >= 15 is 0 Å². The predicted molar refractivity (Wildman–Crippen MR) is 95.0 cm³/mol. The lowest BCUT2D eigenvalue weighted by Crippen LogP contribution is -2.42. The Morgan fingerprint density at radius 3 is 2.81 bits per heavy atom. The summed E-state index contributed by atoms with van der Waals surface area (Å²) in [5.41, 5.74) is 2.60. The number of fused-ring (bicyclic) bond motifs is 1. The molecule has 0 aliphatic carbocycles. The van der Waals surface area contributed by atoms with E-state index in [4.69, 9.17) is 9.47 Å². The van der Waals surface area contributed by atoms with Crippen molar-refractivity contribution in [1.82, 2.24) is 14.7 Å². The van der Waals surface area contributed by atoms with Crippen molar-refractivity contribution in [3.63, 3.8) is 0 Å². The summed E-state index contributed by atoms with van der Waals surface area (Å²) in [6.07, 6.45) is 1.56. The Kier molecular flexibility index (Phi) is 4.97. The van der Waals surface area contributed by atoms with Crippen molar-refractivity contribution < 1.29 is 19.1 Å². The molecule has 0 atom stereocenters. The van der Waals surface area contributed by atoms with Gasteiger partial charge in [0.25, 0.3) is 0 Å². The molecule has 2 fully saturated rings. The van der Waals surface area contributed by atoms with Gasteiger partial charge < -0.3 is 14.4 Å². The van der Waals surface area contributed by atoms with Crippen molar-refractivity contribution in [2.24, 2.45) is 0 Å². The molecule has 0 spiro atoms. The van der Waals surface area contributed by atoms with Gasteiger partial charge in [-0.25, -0.2) is 4.79 Å². The van der Waals surface area contributed by atoms with Gasteiger partial charge in [0, 0.05) is 39.1 Å². The molecule has 4 rings (SSSR count). The van der Waals surface area contributed by atoms with Gasteiger partial charge in [-0.2, -0.15) is 0 Å². The average molecular weight is 359 g/mol. The predicted octanol–water partition coefficient (Wildman–Crippen LogP) is 1.11. The number of benzene rings is 1. The smallest absolute Gasteiger partial charge is 0.410 e. The molecule has 1 aromatic rings. The third kappa shape index (κ3) is 3.77. The SMILES string of the molecule is O=C(CN1CCOC1=O)N1CCCN(Cc2ccc3c(c2)CCO3)CC1. The molecule has 2 amide bonds. The fourth-order valence-electron chi connectivity index (χ4n) is 3.81. The van der Waals surface area contributed by atoms with Gasteiger partial charge in [-0.05, 0) is 23.6 Å². The Hall–Kier alpha value is -2.28. The second-order valence-corrected chi connectivity index (χ2v) is 7.09. The molecular weight excluding hydrogens is 334 g/mol. The number of rotatable bonds is 4. The van der Waals surface area contributed by atoms with E-state index in [1.54, 1.807) is 0 Å². The molecule has 140 valence electrons. The van der Waals surface area contributed by atoms with E-state index in [1.165, 1.54) is 16.0 Å². The molecule has 0 bridgehead atoms. The summed E-state index contributed by atoms with van der Waals surface area (Å²) in [5, 5.41) is 0. The van der Waals surface area contributed by atoms with Crippen LogP contribution in [0.3, 0.4) is 0 Å². The van der Waals surface area contributed by atoms with Crippen molar-refractivity contribution >= 4 is 12.0 Å². The first-order valence-corrected chi connectivity index (χ1v) is 9.35. The average Bonchev–Trinajstić information content (AvgIpc) is 3.18. The molecule has 0 radical (unpaired) electrons. The number of ether oxygens (including phenoxy) is 2. The van der Waals surface area contributed by atoms with E-state index in [1.807, 2.05) is 4.90 Å². The van der Waals surface area contributed by atoms with Crippen LogP contribution in [-0.4, -0.2) is 79.2 Å². The Morgan fingerprint density at radius 1 is 1.04 bits per heavy atom. The summed E-state index contributed by atoms with van der Waals surface area (Å²) in [5.74, 6) is 1.03. The van der Waals surface area contributed by atoms with Crippen LogP contribution in [0, 0.1) is 0 Å². The minimum Gasteiger partial charge on any atom is -0.493 e. The largest absolute Gasteiger partial charge is 0.493 e. The van der Waals surface area contributed by atoms with Crippen LogP contribution >= 0.6 is 0 Å². The van der Waals surface area contributed by atoms with Gasteiger partial charge in [0.1, 0.15) is 18.9 Å². The van der Waals surface area contributed by atoms with Crippen LogP contribution in [0.15, 0.2) is 18.2 Å². The third-order valence-corrected chi connectivity index (χ3v) is 5.27. The molecule has 3 aliphatic rings. The van der Waals surface area contributed by atoms with Crippen LogP contribution in [0.2, 0.25) is 0 Å². The fourth-order valence-corrected chi connectivity index (χ4v) is 3.81. The molecule has 0 N–H and O–H groups in total. The van der Waals surface area contributed by atoms with Crippen molar-refractivity contribution in [3.05, 3.63) is 29.3 Å². The maximum absolute atomic E-state index is 12.5. The van der Waals surface area contributed by atoms with E-state index in [0.717, 1.165) is 51.4 Å². The topological polar surface area (TPSA) is 62.3 Å². The van der Waals surface area contributed by atoms with Gasteiger partial charge in [0.05, 0.1) is 13.2 Å². The molecule has 2 saturated heterocycles. The molecule has 26 heavy (non-hydrogen) atoms. The van der Waals surface area contributed by atoms with Gasteiger partial charge in [0.2, 0.25) is 5.91 Å². The van der Waals surface area contributed by atoms with Crippen LogP contribution in [0.4, 0.5) is 4.79 Å². The zero-order valence-electron chi connectivity index (χ0n) is 15.0. The van der Waals surface area contributed by atoms with E-state index in [2.05, 4.69) is 23.1 Å². The molecule has 7 heteroatoms. The number of amides is 2. The lowest BCUT2D eigenvalue weighted by molar-refractivity contribution is -0.131. The van der Waals surface area contributed by atoms with E-state index in [0.29, 0.717) is 19.7 Å². The Balaban J connectivity index is 1.30. The first-order valence-electron chi connectivity index (χ1n) is 9.35. The molecule has 3 aliphatic heterocycles. The summed E-state index contributed by atoms with van der Waals surface area (Å²) < 4.78 is 10.5. The number of hydrogen-bond donors (Lipinski definition) is 0. The second kappa shape index (κ2) is 7.53. The molecule has 0 aromatic heterocycles. The number of hydrogen-bond acceptors (Lipinski definition) is 5. The van der Waals surface area contributed by atoms with Crippen molar-refractivity contribution in [1.29, 1.82) is 0 Å². The maximum atomic E-state index is 12.5. The standard InChI is InChI=1S/C19H25N3O4/c23-18(14-22-9-11-26-19(22)24)21-6-1-5-20(7-8-21)13-15-2-3-17-16(12-15)4-10-25-17/h2-3,12H,1,4-11,13-14H2. The highest BCUT2D eigenvalue weighted by molar-refractivity contribution is 5.82. The highest BCUT2D eigenvalue weighted by Gasteiger charge is 2.27. The first-order chi connectivity index (χ1) is 12.7. The van der Waals surface area contributed by atoms with Crippen LogP contribution < -0.4 is 4.74 Å². The molecule has 7 nitrogen and oxygen atoms in total. The van der Waals surface area contributed by atoms with Gasteiger partial charge in [0.15, 0.2) is 0 Å². The summed E-state index contributed by atoms with van der Waals surface area (Å²) in [4.78, 5) is 29.8. The van der Waals surface area contributed by atoms with Gasteiger partial charge in [-0.1, -0.05) is 12.1 Å². The Labute approximate surface area is 153 Å². The van der Waals surface area contributed by atoms with Gasteiger partial charge in [-0.3, -0.25) is 14.6 Å². The lowest BCUT2D eigenvalue weighted by atomic mass is 10.1. The number of carbonyl (C=O) groups is 2. The van der Waals surface area contributed by atoms with Crippen molar-refractivity contribution in [3.8, 4) is 5.75 Å². The molecule has 0 saturated carbocycles. The first kappa shape index (κ1) is 17.1. The van der Waals surface area contributed by atoms with Crippen LogP contribution in [0.1, 0.15) is 17.5 Å². The van der Waals surface area contributed by atoms with Gasteiger partial charge >= 0.3 is 6.09 Å². The van der Waals surface area contributed by atoms with Crippen LogP contribution in [-0.2, 0) is 22.5 Å². The number of carbonyl (C=O) groups excluding carboxylic acids is 2. The Morgan fingerprint density at radius 2 is 1.96 bits per heavy atom. The van der Waals surface area contributed by atoms with E-state index in [9.17, 15) is 9.59 Å². The van der Waals surface area contributed by atoms with Crippen molar-refractivity contribution in [2.75, 3.05) is 52.5 Å². The highest BCUT2D eigenvalue weighted by atomic mass is 16.6. The minimum atomic E-state index is -0.379. The monoisotopic (exact) mass is 359 g/mol. The number of cyclic esters (lactones) is 1. The van der Waals surface area contributed by atoms with Gasteiger partial charge in [-0.15, -0.1) is 0 Å². The molecule has 1 aromatic carbocycles. The normalized spacial score (nSPS) is 20.5. The highest BCUT2D eigenvalue weighted by Crippen LogP contribution is 2.26. The summed E-state index contributed by atoms with van der Waals surface area (Å²) in [7, 11) is 0. The van der Waals surface area contributed by atoms with Crippen molar-refractivity contribution in [2.45, 2.75) is 19.4 Å². The number of nitrogens with zero attached hydrogens (tertiary/aromatic N) is 3. The summed E-state index contributed by atoms with van der Waals surface area (Å²) in [6, 6.07) is 6.45. The maximum Gasteiger partial charge on any atom is 0.410 e. The molecular formula is C19H25N3O4. The molecule has 0 unspecified atom stereocenters. The van der Waals surface area contributed by atoms with E-state index < -0.39 is 0 Å². The minimum absolute atomic E-state index is 0.0142. The van der Waals surface area contributed by atoms with E-state index in [-0.39, 0.29) is 18.5 Å². The third-order valence-electron chi connectivity index (χ3n) is 5.27. The van der Waals surface area contributed by atoms with Crippen LogP contribution in [0.5, 0.6) is 5.75 Å². The molecule has 3 heterocycles. The quantitative estimate of drug-likeness (QED) is 0.806. The zero-order chi connectivity index (χ0) is 17.9. The Bertz CT molecular complexity index is 693.